The predicted octanol–water partition coefficient (Wildman–Crippen LogP) is 1.47. The lowest BCUT2D eigenvalue weighted by atomic mass is 10.1. The molecule has 0 atom stereocenters. The summed E-state index contributed by atoms with van der Waals surface area (Å²) in [5.41, 5.74) is 0.331. The Labute approximate surface area is 112 Å². The smallest absolute Gasteiger partial charge is 0.233 e. The van der Waals surface area contributed by atoms with Crippen LogP contribution in [0.15, 0.2) is 24.3 Å². The number of hydrogen-bond acceptors (Lipinski definition) is 3. The Hall–Kier alpha value is -1.75. The van der Waals surface area contributed by atoms with Crippen molar-refractivity contribution in [1.82, 2.24) is 10.2 Å². The second-order valence-corrected chi connectivity index (χ2v) is 4.32. The second kappa shape index (κ2) is 7.63. The fourth-order valence-electron chi connectivity index (χ4n) is 1.77. The van der Waals surface area contributed by atoms with Crippen LogP contribution in [0.4, 0.5) is 4.39 Å². The van der Waals surface area contributed by atoms with Crippen molar-refractivity contribution in [2.45, 2.75) is 13.3 Å². The van der Waals surface area contributed by atoms with Crippen molar-refractivity contribution in [2.24, 2.45) is 0 Å². The third-order valence-electron chi connectivity index (χ3n) is 2.70. The molecule has 5 heteroatoms. The molecule has 0 spiro atoms. The fourth-order valence-corrected chi connectivity index (χ4v) is 1.77. The first-order valence-corrected chi connectivity index (χ1v) is 6.28. The van der Waals surface area contributed by atoms with Gasteiger partial charge in [-0.05, 0) is 25.1 Å². The van der Waals surface area contributed by atoms with E-state index in [2.05, 4.69) is 5.32 Å². The summed E-state index contributed by atoms with van der Waals surface area (Å²) < 4.78 is 13.0. The first-order valence-electron chi connectivity index (χ1n) is 6.28. The van der Waals surface area contributed by atoms with Crippen molar-refractivity contribution in [3.63, 3.8) is 0 Å². The molecule has 19 heavy (non-hydrogen) atoms. The van der Waals surface area contributed by atoms with Crippen LogP contribution in [-0.2, 0) is 4.79 Å². The van der Waals surface area contributed by atoms with Crippen LogP contribution >= 0.6 is 0 Å². The van der Waals surface area contributed by atoms with Crippen LogP contribution in [0.3, 0.4) is 0 Å². The lowest BCUT2D eigenvalue weighted by molar-refractivity contribution is -0.121. The van der Waals surface area contributed by atoms with Crippen LogP contribution < -0.4 is 5.32 Å². The van der Waals surface area contributed by atoms with Gasteiger partial charge in [0, 0.05) is 12.6 Å². The molecule has 0 aliphatic carbocycles. The molecule has 0 heterocycles. The average molecular weight is 266 g/mol. The normalized spacial score (nSPS) is 10.5. The van der Waals surface area contributed by atoms with E-state index in [0.717, 1.165) is 6.42 Å². The maximum Gasteiger partial charge on any atom is 0.233 e. The molecule has 1 N–H and O–H groups in total. The highest BCUT2D eigenvalue weighted by molar-refractivity contribution is 5.97. The minimum Gasteiger partial charge on any atom is -0.358 e. The van der Waals surface area contributed by atoms with Crippen molar-refractivity contribution in [2.75, 3.05) is 26.7 Å². The lowest BCUT2D eigenvalue weighted by Gasteiger charge is -2.19. The molecule has 0 aliphatic rings. The van der Waals surface area contributed by atoms with E-state index < -0.39 is 5.82 Å². The van der Waals surface area contributed by atoms with Gasteiger partial charge in [-0.3, -0.25) is 14.5 Å². The maximum atomic E-state index is 13.0. The molecular weight excluding hydrogens is 247 g/mol. The molecule has 4 nitrogen and oxygen atoms in total. The molecule has 1 aromatic rings. The third kappa shape index (κ3) is 5.18. The summed E-state index contributed by atoms with van der Waals surface area (Å²) in [5.74, 6) is -0.753. The van der Waals surface area contributed by atoms with E-state index in [1.165, 1.54) is 18.2 Å². The molecule has 0 radical (unpaired) electrons. The predicted molar refractivity (Wildman–Crippen MR) is 71.5 cm³/mol. The maximum absolute atomic E-state index is 13.0. The summed E-state index contributed by atoms with van der Waals surface area (Å²) in [6, 6.07) is 5.60. The van der Waals surface area contributed by atoms with Crippen molar-refractivity contribution in [3.8, 4) is 0 Å². The van der Waals surface area contributed by atoms with E-state index in [-0.39, 0.29) is 24.8 Å². The summed E-state index contributed by atoms with van der Waals surface area (Å²) in [5, 5.41) is 2.52. The Bertz CT molecular complexity index is 449. The largest absolute Gasteiger partial charge is 0.358 e. The van der Waals surface area contributed by atoms with Crippen LogP contribution in [0, 0.1) is 5.82 Å². The molecule has 0 aromatic heterocycles. The second-order valence-electron chi connectivity index (χ2n) is 4.32. The monoisotopic (exact) mass is 266 g/mol. The quantitative estimate of drug-likeness (QED) is 0.760. The van der Waals surface area contributed by atoms with Gasteiger partial charge < -0.3 is 5.32 Å². The van der Waals surface area contributed by atoms with Crippen molar-refractivity contribution in [3.05, 3.63) is 35.6 Å². The van der Waals surface area contributed by atoms with Crippen LogP contribution in [0.25, 0.3) is 0 Å². The number of carbonyl (C=O) groups is 2. The standard InChI is InChI=1S/C14H19FN2O2/c1-3-7-17(10-14(19)16-2)9-13(18)11-5-4-6-12(15)8-11/h4-6,8H,3,7,9-10H2,1-2H3,(H,16,19). The topological polar surface area (TPSA) is 49.4 Å². The first kappa shape index (κ1) is 15.3. The molecule has 1 aromatic carbocycles. The first-order chi connectivity index (χ1) is 9.06. The fraction of sp³-hybridized carbons (Fsp3) is 0.429. The van der Waals surface area contributed by atoms with Gasteiger partial charge in [0.25, 0.3) is 0 Å². The molecular formula is C14H19FN2O2. The number of carbonyl (C=O) groups excluding carboxylic acids is 2. The van der Waals surface area contributed by atoms with E-state index in [1.54, 1.807) is 18.0 Å². The molecule has 0 bridgehead atoms. The average Bonchev–Trinajstić information content (AvgIpc) is 2.38. The molecule has 0 aliphatic heterocycles. The summed E-state index contributed by atoms with van der Waals surface area (Å²) >= 11 is 0. The number of ketones is 1. The Morgan fingerprint density at radius 2 is 2.05 bits per heavy atom. The van der Waals surface area contributed by atoms with Gasteiger partial charge in [0.1, 0.15) is 5.82 Å². The minimum absolute atomic E-state index is 0.116. The van der Waals surface area contributed by atoms with Gasteiger partial charge in [0.2, 0.25) is 5.91 Å². The zero-order valence-corrected chi connectivity index (χ0v) is 11.3. The Balaban J connectivity index is 2.67. The number of Topliss-reactive ketones (excluding diaryl/α,β-unsaturated/α-hetero) is 1. The van der Waals surface area contributed by atoms with E-state index in [0.29, 0.717) is 12.1 Å². The number of halogens is 1. The van der Waals surface area contributed by atoms with Crippen LogP contribution in [0.5, 0.6) is 0 Å². The molecule has 104 valence electrons. The lowest BCUT2D eigenvalue weighted by Crippen LogP contribution is -2.39. The molecule has 1 rings (SSSR count). The van der Waals surface area contributed by atoms with Crippen LogP contribution in [-0.4, -0.2) is 43.3 Å². The molecule has 0 saturated carbocycles. The van der Waals surface area contributed by atoms with E-state index in [9.17, 15) is 14.0 Å². The SMILES string of the molecule is CCCN(CC(=O)NC)CC(=O)c1cccc(F)c1. The van der Waals surface area contributed by atoms with Crippen molar-refractivity contribution in [1.29, 1.82) is 0 Å². The zero-order chi connectivity index (χ0) is 14.3. The van der Waals surface area contributed by atoms with Gasteiger partial charge in [-0.1, -0.05) is 19.1 Å². The number of hydrogen-bond donors (Lipinski definition) is 1. The number of benzene rings is 1. The van der Waals surface area contributed by atoms with Gasteiger partial charge in [-0.2, -0.15) is 0 Å². The van der Waals surface area contributed by atoms with E-state index in [1.807, 2.05) is 6.92 Å². The minimum atomic E-state index is -0.431. The number of likely N-dealkylation sites (N-methyl/N-ethyl adjacent to an activating group) is 1. The number of nitrogens with one attached hydrogen (secondary N) is 1. The van der Waals surface area contributed by atoms with Crippen molar-refractivity contribution < 1.29 is 14.0 Å². The van der Waals surface area contributed by atoms with Gasteiger partial charge in [0.15, 0.2) is 5.78 Å². The van der Waals surface area contributed by atoms with E-state index >= 15 is 0 Å². The third-order valence-corrected chi connectivity index (χ3v) is 2.70. The Kier molecular flexibility index (Phi) is 6.15. The number of nitrogens with zero attached hydrogens (tertiary/aromatic N) is 1. The van der Waals surface area contributed by atoms with Crippen LogP contribution in [0.1, 0.15) is 23.7 Å². The van der Waals surface area contributed by atoms with Gasteiger partial charge in [0.05, 0.1) is 13.1 Å². The highest BCUT2D eigenvalue weighted by Gasteiger charge is 2.14. The molecule has 0 fully saturated rings. The summed E-state index contributed by atoms with van der Waals surface area (Å²) in [6.07, 6.45) is 0.841. The number of amides is 1. The molecule has 0 saturated heterocycles. The van der Waals surface area contributed by atoms with Crippen LogP contribution in [0.2, 0.25) is 0 Å². The Morgan fingerprint density at radius 3 is 2.63 bits per heavy atom. The summed E-state index contributed by atoms with van der Waals surface area (Å²) in [4.78, 5) is 25.1. The zero-order valence-electron chi connectivity index (χ0n) is 11.3. The number of rotatable bonds is 7. The molecule has 0 unspecified atom stereocenters. The Morgan fingerprint density at radius 1 is 1.32 bits per heavy atom. The van der Waals surface area contributed by atoms with Gasteiger partial charge in [-0.25, -0.2) is 4.39 Å². The van der Waals surface area contributed by atoms with Gasteiger partial charge in [-0.15, -0.1) is 0 Å². The summed E-state index contributed by atoms with van der Waals surface area (Å²) in [6.45, 7) is 2.91. The van der Waals surface area contributed by atoms with Crippen molar-refractivity contribution >= 4 is 11.7 Å². The van der Waals surface area contributed by atoms with Gasteiger partial charge >= 0.3 is 0 Å². The van der Waals surface area contributed by atoms with E-state index in [4.69, 9.17) is 0 Å². The summed E-state index contributed by atoms with van der Waals surface area (Å²) in [7, 11) is 1.56. The molecule has 1 amide bonds. The highest BCUT2D eigenvalue weighted by Crippen LogP contribution is 2.06. The highest BCUT2D eigenvalue weighted by atomic mass is 19.1.